The molecule has 1 saturated carbocycles. The highest BCUT2D eigenvalue weighted by Crippen LogP contribution is 2.33. The van der Waals surface area contributed by atoms with Crippen LogP contribution in [0, 0.1) is 17.6 Å². The lowest BCUT2D eigenvalue weighted by Crippen LogP contribution is -2.27. The summed E-state index contributed by atoms with van der Waals surface area (Å²) in [6.07, 6.45) is 3.38. The molecule has 43 heavy (non-hydrogen) atoms. The van der Waals surface area contributed by atoms with Crippen LogP contribution >= 0.6 is 11.3 Å². The van der Waals surface area contributed by atoms with Gasteiger partial charge in [0.15, 0.2) is 0 Å². The average Bonchev–Trinajstić information content (AvgIpc) is 3.61. The highest BCUT2D eigenvalue weighted by molar-refractivity contribution is 7.18. The number of carbonyl (C=O) groups is 2. The second-order valence-electron chi connectivity index (χ2n) is 11.4. The number of pyridine rings is 1. The van der Waals surface area contributed by atoms with E-state index in [1.54, 1.807) is 45.0 Å². The van der Waals surface area contributed by atoms with Gasteiger partial charge >= 0.3 is 6.09 Å². The number of anilines is 2. The molecule has 1 aliphatic carbocycles. The molecule has 5 aromatic rings. The van der Waals surface area contributed by atoms with Crippen LogP contribution in [0.5, 0.6) is 11.6 Å². The van der Waals surface area contributed by atoms with Crippen LogP contribution in [-0.2, 0) is 16.0 Å². The Morgan fingerprint density at radius 1 is 1.02 bits per heavy atom. The fourth-order valence-corrected chi connectivity index (χ4v) is 5.53. The predicted molar refractivity (Wildman–Crippen MR) is 159 cm³/mol. The summed E-state index contributed by atoms with van der Waals surface area (Å²) in [5, 5.41) is 3.70. The lowest BCUT2D eigenvalue weighted by Gasteiger charge is -2.20. The number of benzene rings is 2. The number of ether oxygens (including phenoxy) is 2. The first kappa shape index (κ1) is 28.7. The van der Waals surface area contributed by atoms with E-state index in [4.69, 9.17) is 9.47 Å². The summed E-state index contributed by atoms with van der Waals surface area (Å²) in [5.74, 6) is -0.237. The Labute approximate surface area is 249 Å². The zero-order valence-corrected chi connectivity index (χ0v) is 24.6. The van der Waals surface area contributed by atoms with Gasteiger partial charge in [-0.05, 0) is 76.8 Å². The maximum absolute atomic E-state index is 14.4. The van der Waals surface area contributed by atoms with Crippen LogP contribution in [0.15, 0.2) is 48.5 Å². The first-order valence-electron chi connectivity index (χ1n) is 14.0. The van der Waals surface area contributed by atoms with Crippen molar-refractivity contribution in [3.05, 3.63) is 65.2 Å². The van der Waals surface area contributed by atoms with Gasteiger partial charge in [0.2, 0.25) is 11.8 Å². The van der Waals surface area contributed by atoms with Crippen LogP contribution in [0.4, 0.5) is 25.2 Å². The van der Waals surface area contributed by atoms with E-state index in [0.29, 0.717) is 39.7 Å². The van der Waals surface area contributed by atoms with Crippen molar-refractivity contribution < 1.29 is 27.8 Å². The number of thiazole rings is 1. The average molecular weight is 606 g/mol. The van der Waals surface area contributed by atoms with Crippen LogP contribution in [-0.4, -0.2) is 37.0 Å². The fourth-order valence-electron chi connectivity index (χ4n) is 4.56. The third kappa shape index (κ3) is 6.64. The van der Waals surface area contributed by atoms with E-state index in [1.165, 1.54) is 22.0 Å². The summed E-state index contributed by atoms with van der Waals surface area (Å²) in [6.45, 7) is 5.18. The molecule has 0 amide bonds. The third-order valence-corrected chi connectivity index (χ3v) is 7.75. The zero-order chi connectivity index (χ0) is 30.3. The van der Waals surface area contributed by atoms with Crippen molar-refractivity contribution in [2.24, 2.45) is 5.92 Å². The van der Waals surface area contributed by atoms with Crippen LogP contribution in [0.1, 0.15) is 51.5 Å². The number of halogens is 2. The van der Waals surface area contributed by atoms with Gasteiger partial charge in [-0.25, -0.2) is 33.1 Å². The number of aromatic nitrogens is 4. The van der Waals surface area contributed by atoms with Gasteiger partial charge in [0.1, 0.15) is 39.1 Å². The maximum Gasteiger partial charge on any atom is 0.421 e. The van der Waals surface area contributed by atoms with Crippen molar-refractivity contribution in [2.45, 2.75) is 58.5 Å². The van der Waals surface area contributed by atoms with E-state index in [2.05, 4.69) is 20.3 Å². The van der Waals surface area contributed by atoms with Crippen molar-refractivity contribution in [3.63, 3.8) is 0 Å². The maximum atomic E-state index is 14.4. The molecule has 1 N–H and O–H groups in total. The van der Waals surface area contributed by atoms with Crippen molar-refractivity contribution in [1.82, 2.24) is 19.5 Å². The van der Waals surface area contributed by atoms with Crippen molar-refractivity contribution in [2.75, 3.05) is 5.32 Å². The second-order valence-corrected chi connectivity index (χ2v) is 12.5. The molecular formula is C31H29F2N5O4S. The molecule has 1 fully saturated rings. The molecule has 0 radical (unpaired) electrons. The van der Waals surface area contributed by atoms with Gasteiger partial charge in [-0.15, -0.1) is 0 Å². The summed E-state index contributed by atoms with van der Waals surface area (Å²) >= 11 is 1.47. The lowest BCUT2D eigenvalue weighted by atomic mass is 10.1. The summed E-state index contributed by atoms with van der Waals surface area (Å²) in [5.41, 5.74) is 0.634. The van der Waals surface area contributed by atoms with Crippen LogP contribution in [0.3, 0.4) is 0 Å². The minimum Gasteiger partial charge on any atom is -0.443 e. The van der Waals surface area contributed by atoms with Gasteiger partial charge in [-0.2, -0.15) is 0 Å². The number of Topliss-reactive ketones (excluding diaryl/α,β-unsaturated/α-hetero) is 1. The minimum absolute atomic E-state index is 0.0116. The first-order chi connectivity index (χ1) is 20.5. The van der Waals surface area contributed by atoms with Crippen LogP contribution in [0.2, 0.25) is 0 Å². The number of rotatable bonds is 9. The SMILES string of the molecule is CC(C)(C)OC(=O)n1c(Nc2ccc(F)cc2F)nc2ccc(Oc3ccc4nc(CCCC(=O)C5CC5)sc4n3)cc21. The quantitative estimate of drug-likeness (QED) is 0.180. The number of nitrogens with zero attached hydrogens (tertiary/aromatic N) is 4. The molecule has 3 heterocycles. The van der Waals surface area contributed by atoms with Gasteiger partial charge in [-0.3, -0.25) is 4.79 Å². The van der Waals surface area contributed by atoms with Gasteiger partial charge in [-0.1, -0.05) is 11.3 Å². The number of imidazole rings is 1. The Morgan fingerprint density at radius 3 is 2.56 bits per heavy atom. The van der Waals surface area contributed by atoms with Gasteiger partial charge < -0.3 is 14.8 Å². The van der Waals surface area contributed by atoms with E-state index >= 15 is 0 Å². The summed E-state index contributed by atoms with van der Waals surface area (Å²) < 4.78 is 40.7. The van der Waals surface area contributed by atoms with E-state index < -0.39 is 23.3 Å². The number of hydrogen-bond donors (Lipinski definition) is 1. The van der Waals surface area contributed by atoms with Crippen LogP contribution < -0.4 is 10.1 Å². The molecule has 0 saturated heterocycles. The number of aryl methyl sites for hydroxylation is 1. The fraction of sp³-hybridized carbons (Fsp3) is 0.323. The van der Waals surface area contributed by atoms with Gasteiger partial charge in [0.05, 0.1) is 21.7 Å². The third-order valence-electron chi connectivity index (χ3n) is 6.72. The summed E-state index contributed by atoms with van der Waals surface area (Å²) in [7, 11) is 0. The molecule has 3 aromatic heterocycles. The van der Waals surface area contributed by atoms with Crippen LogP contribution in [0.25, 0.3) is 21.4 Å². The molecule has 0 atom stereocenters. The van der Waals surface area contributed by atoms with Crippen molar-refractivity contribution in [3.8, 4) is 11.6 Å². The number of fused-ring (bicyclic) bond motifs is 2. The zero-order valence-electron chi connectivity index (χ0n) is 23.8. The predicted octanol–water partition coefficient (Wildman–Crippen LogP) is 7.94. The highest BCUT2D eigenvalue weighted by atomic mass is 32.1. The second kappa shape index (κ2) is 11.3. The molecule has 12 heteroatoms. The standard InChI is InChI=1S/C31H29F2N5O4S/c1-31(2,3)42-30(40)38-24-16-19(10-12-22(24)36-29(38)35-21-11-9-18(32)15-20(21)33)41-26-14-13-23-28(37-26)43-27(34-23)6-4-5-25(39)17-7-8-17/h9-17H,4-8H2,1-3H3,(H,35,36). The molecule has 0 bridgehead atoms. The molecule has 2 aromatic carbocycles. The van der Waals surface area contributed by atoms with Crippen molar-refractivity contribution >= 4 is 56.2 Å². The van der Waals surface area contributed by atoms with E-state index in [0.717, 1.165) is 48.3 Å². The van der Waals surface area contributed by atoms with Crippen molar-refractivity contribution in [1.29, 1.82) is 0 Å². The number of nitrogens with one attached hydrogen (secondary N) is 1. The molecule has 0 spiro atoms. The number of carbonyl (C=O) groups excluding carboxylic acids is 2. The molecule has 0 unspecified atom stereocenters. The Morgan fingerprint density at radius 2 is 1.81 bits per heavy atom. The summed E-state index contributed by atoms with van der Waals surface area (Å²) in [4.78, 5) is 39.7. The Balaban J connectivity index is 1.26. The van der Waals surface area contributed by atoms with Gasteiger partial charge in [0, 0.05) is 30.5 Å². The first-order valence-corrected chi connectivity index (χ1v) is 14.8. The largest absolute Gasteiger partial charge is 0.443 e. The Kier molecular flexibility index (Phi) is 7.55. The molecule has 0 aliphatic heterocycles. The smallest absolute Gasteiger partial charge is 0.421 e. The number of ketones is 1. The minimum atomic E-state index is -0.841. The van der Waals surface area contributed by atoms with Gasteiger partial charge in [0.25, 0.3) is 0 Å². The Hall–Kier alpha value is -4.45. The topological polar surface area (TPSA) is 108 Å². The molecular weight excluding hydrogens is 576 g/mol. The Bertz CT molecular complexity index is 1860. The number of hydrogen-bond acceptors (Lipinski definition) is 9. The molecule has 222 valence electrons. The molecule has 1 aliphatic rings. The monoisotopic (exact) mass is 605 g/mol. The van der Waals surface area contributed by atoms with E-state index in [-0.39, 0.29) is 17.6 Å². The lowest BCUT2D eigenvalue weighted by molar-refractivity contribution is -0.120. The van der Waals surface area contributed by atoms with E-state index in [1.807, 2.05) is 6.07 Å². The molecule has 9 nitrogen and oxygen atoms in total. The summed E-state index contributed by atoms with van der Waals surface area (Å²) in [6, 6.07) is 11.5. The highest BCUT2D eigenvalue weighted by Gasteiger charge is 2.28. The normalized spacial score (nSPS) is 13.4. The van der Waals surface area contributed by atoms with E-state index in [9.17, 15) is 18.4 Å². The molecule has 6 rings (SSSR count).